The first-order valence-corrected chi connectivity index (χ1v) is 13.2. The molecule has 6 nitrogen and oxygen atoms in total. The number of carbonyl (C=O) groups is 2. The third-order valence-electron chi connectivity index (χ3n) is 7.00. The number of rotatable bonds is 7. The lowest BCUT2D eigenvalue weighted by Gasteiger charge is -2.28. The van der Waals surface area contributed by atoms with Crippen molar-refractivity contribution >= 4 is 39.1 Å². The molecular formula is C28H33BrN2O4. The van der Waals surface area contributed by atoms with Crippen LogP contribution in [0.2, 0.25) is 0 Å². The second kappa shape index (κ2) is 11.1. The zero-order chi connectivity index (χ0) is 25.0. The largest absolute Gasteiger partial charge is 0.396 e. The van der Waals surface area contributed by atoms with Crippen molar-refractivity contribution in [3.8, 4) is 0 Å². The Morgan fingerprint density at radius 2 is 1.91 bits per heavy atom. The van der Waals surface area contributed by atoms with Crippen molar-refractivity contribution in [1.29, 1.82) is 0 Å². The van der Waals surface area contributed by atoms with Gasteiger partial charge in [0, 0.05) is 41.2 Å². The molecule has 0 bridgehead atoms. The molecular weight excluding hydrogens is 508 g/mol. The molecule has 1 saturated heterocycles. The molecule has 0 aliphatic carbocycles. The summed E-state index contributed by atoms with van der Waals surface area (Å²) < 4.78 is 0.786. The van der Waals surface area contributed by atoms with Gasteiger partial charge < -0.3 is 20.0 Å². The summed E-state index contributed by atoms with van der Waals surface area (Å²) in [5, 5.41) is 20.8. The van der Waals surface area contributed by atoms with Crippen LogP contribution in [0, 0.1) is 5.92 Å². The maximum atomic E-state index is 13.7. The number of carbonyl (C=O) groups excluding carboxylic acids is 2. The molecule has 2 aromatic carbocycles. The monoisotopic (exact) mass is 540 g/mol. The Kier molecular flexibility index (Phi) is 8.09. The third-order valence-corrected chi connectivity index (χ3v) is 7.49. The topological polar surface area (TPSA) is 81.1 Å². The first kappa shape index (κ1) is 25.6. The van der Waals surface area contributed by atoms with E-state index in [9.17, 15) is 14.7 Å². The summed E-state index contributed by atoms with van der Waals surface area (Å²) in [6.45, 7) is 2.83. The predicted molar refractivity (Wildman–Crippen MR) is 141 cm³/mol. The van der Waals surface area contributed by atoms with Crippen molar-refractivity contribution in [2.24, 2.45) is 5.92 Å². The van der Waals surface area contributed by atoms with Gasteiger partial charge in [-0.15, -0.1) is 0 Å². The number of halogens is 1. The van der Waals surface area contributed by atoms with Crippen LogP contribution in [0.4, 0.5) is 11.4 Å². The lowest BCUT2D eigenvalue weighted by Crippen LogP contribution is -2.44. The van der Waals surface area contributed by atoms with Gasteiger partial charge in [0.05, 0.1) is 12.2 Å². The van der Waals surface area contributed by atoms with Gasteiger partial charge in [0.2, 0.25) is 5.91 Å². The molecule has 186 valence electrons. The average Bonchev–Trinajstić information content (AvgIpc) is 3.04. The minimum Gasteiger partial charge on any atom is -0.396 e. The Balaban J connectivity index is 1.64. The number of benzene rings is 2. The van der Waals surface area contributed by atoms with Crippen LogP contribution in [-0.4, -0.2) is 35.2 Å². The Hall–Kier alpha value is -2.48. The molecule has 1 fully saturated rings. The molecule has 2 heterocycles. The highest BCUT2D eigenvalue weighted by Crippen LogP contribution is 2.46. The van der Waals surface area contributed by atoms with Crippen molar-refractivity contribution in [2.45, 2.75) is 57.6 Å². The summed E-state index contributed by atoms with van der Waals surface area (Å²) in [5.41, 5.74) is 1.28. The highest BCUT2D eigenvalue weighted by Gasteiger charge is 2.52. The van der Waals surface area contributed by atoms with Crippen molar-refractivity contribution < 1.29 is 19.8 Å². The van der Waals surface area contributed by atoms with Gasteiger partial charge in [0.1, 0.15) is 0 Å². The van der Waals surface area contributed by atoms with Gasteiger partial charge in [0.25, 0.3) is 5.91 Å². The fourth-order valence-electron chi connectivity index (χ4n) is 5.03. The number of anilines is 2. The molecule has 2 aromatic rings. The van der Waals surface area contributed by atoms with E-state index < -0.39 is 11.5 Å². The number of hydrogen-bond acceptors (Lipinski definition) is 4. The van der Waals surface area contributed by atoms with Gasteiger partial charge in [-0.3, -0.25) is 9.59 Å². The predicted octanol–water partition coefficient (Wildman–Crippen LogP) is 5.06. The minimum absolute atomic E-state index is 0.0136. The van der Waals surface area contributed by atoms with E-state index in [4.69, 9.17) is 5.11 Å². The Morgan fingerprint density at radius 1 is 1.11 bits per heavy atom. The molecule has 2 amide bonds. The van der Waals surface area contributed by atoms with Gasteiger partial charge in [-0.1, -0.05) is 60.0 Å². The van der Waals surface area contributed by atoms with Crippen LogP contribution in [0.15, 0.2) is 59.1 Å². The van der Waals surface area contributed by atoms with Crippen LogP contribution in [0.3, 0.4) is 0 Å². The van der Waals surface area contributed by atoms with Gasteiger partial charge in [-0.25, -0.2) is 0 Å². The van der Waals surface area contributed by atoms with Gasteiger partial charge in [-0.2, -0.15) is 0 Å². The van der Waals surface area contributed by atoms with Crippen LogP contribution in [-0.2, 0) is 21.7 Å². The van der Waals surface area contributed by atoms with Gasteiger partial charge in [-0.05, 0) is 55.2 Å². The molecule has 35 heavy (non-hydrogen) atoms. The van der Waals surface area contributed by atoms with Crippen molar-refractivity contribution in [3.63, 3.8) is 0 Å². The maximum absolute atomic E-state index is 13.7. The van der Waals surface area contributed by atoms with E-state index >= 15 is 0 Å². The Labute approximate surface area is 215 Å². The second-order valence-electron chi connectivity index (χ2n) is 9.43. The molecule has 0 saturated carbocycles. The molecule has 4 rings (SSSR count). The van der Waals surface area contributed by atoms with Gasteiger partial charge in [0.15, 0.2) is 5.60 Å². The van der Waals surface area contributed by atoms with E-state index in [0.717, 1.165) is 41.4 Å². The second-order valence-corrected chi connectivity index (χ2v) is 10.3. The first-order chi connectivity index (χ1) is 16.9. The van der Waals surface area contributed by atoms with E-state index in [1.54, 1.807) is 23.1 Å². The standard InChI is InChI=1S/C28H33BrN2O4/c1-20(9-5-7-16-32)28(35)24-18-22(29)13-14-25(24)31(27(28)34)19-21-10-8-11-23(17-21)30-15-6-3-2-4-12-26(30)33/h5,8-11,13-14,17-18,20,32,35H,2-4,6-7,12,15-16,19H2,1H3/b9-5+/t20-,28+/m0/s1. The molecule has 0 radical (unpaired) electrons. The molecule has 0 spiro atoms. The van der Waals surface area contributed by atoms with Crippen LogP contribution in [0.5, 0.6) is 0 Å². The maximum Gasteiger partial charge on any atom is 0.264 e. The zero-order valence-electron chi connectivity index (χ0n) is 20.1. The zero-order valence-corrected chi connectivity index (χ0v) is 21.7. The Bertz CT molecular complexity index is 1120. The SMILES string of the molecule is C[C@@H](/C=C/CCO)[C@]1(O)C(=O)N(Cc2cccc(N3CCCCCCC3=O)c2)c2ccc(Br)cc21. The van der Waals surface area contributed by atoms with Crippen LogP contribution < -0.4 is 9.80 Å². The summed E-state index contributed by atoms with van der Waals surface area (Å²) >= 11 is 3.48. The first-order valence-electron chi connectivity index (χ1n) is 12.4. The summed E-state index contributed by atoms with van der Waals surface area (Å²) in [4.78, 5) is 29.9. The van der Waals surface area contributed by atoms with E-state index in [2.05, 4.69) is 15.9 Å². The number of hydrogen-bond donors (Lipinski definition) is 2. The van der Waals surface area contributed by atoms with Gasteiger partial charge >= 0.3 is 0 Å². The number of aliphatic hydroxyl groups excluding tert-OH is 1. The number of aliphatic hydroxyl groups is 2. The Morgan fingerprint density at radius 3 is 2.71 bits per heavy atom. The summed E-state index contributed by atoms with van der Waals surface area (Å²) in [6, 6.07) is 13.3. The third kappa shape index (κ3) is 5.22. The highest BCUT2D eigenvalue weighted by molar-refractivity contribution is 9.10. The summed E-state index contributed by atoms with van der Waals surface area (Å²) in [5.74, 6) is -0.712. The number of fused-ring (bicyclic) bond motifs is 1. The lowest BCUT2D eigenvalue weighted by atomic mass is 9.83. The van der Waals surface area contributed by atoms with E-state index in [-0.39, 0.29) is 18.4 Å². The molecule has 0 unspecified atom stereocenters. The van der Waals surface area contributed by atoms with Crippen molar-refractivity contribution in [2.75, 3.05) is 23.0 Å². The highest BCUT2D eigenvalue weighted by atomic mass is 79.9. The molecule has 7 heteroatoms. The van der Waals surface area contributed by atoms with Crippen LogP contribution in [0.25, 0.3) is 0 Å². The van der Waals surface area contributed by atoms with E-state index in [1.165, 1.54) is 0 Å². The van der Waals surface area contributed by atoms with E-state index in [0.29, 0.717) is 37.2 Å². The van der Waals surface area contributed by atoms with Crippen LogP contribution >= 0.6 is 15.9 Å². The van der Waals surface area contributed by atoms with Crippen molar-refractivity contribution in [3.05, 3.63) is 70.2 Å². The smallest absolute Gasteiger partial charge is 0.264 e. The fraction of sp³-hybridized carbons (Fsp3) is 0.429. The summed E-state index contributed by atoms with van der Waals surface area (Å²) in [7, 11) is 0. The average molecular weight is 541 g/mol. The molecule has 2 N–H and O–H groups in total. The molecule has 0 aromatic heterocycles. The number of amides is 2. The minimum atomic E-state index is -1.71. The lowest BCUT2D eigenvalue weighted by molar-refractivity contribution is -0.139. The summed E-state index contributed by atoms with van der Waals surface area (Å²) in [6.07, 6.45) is 8.74. The van der Waals surface area contributed by atoms with Crippen molar-refractivity contribution in [1.82, 2.24) is 0 Å². The van der Waals surface area contributed by atoms with Crippen LogP contribution in [0.1, 0.15) is 56.6 Å². The normalized spacial score (nSPS) is 21.8. The molecule has 2 aliphatic heterocycles. The molecule has 2 aliphatic rings. The van der Waals surface area contributed by atoms with E-state index in [1.807, 2.05) is 48.2 Å². The number of nitrogens with zero attached hydrogens (tertiary/aromatic N) is 2. The quantitative estimate of drug-likeness (QED) is 0.481. The molecule has 2 atom stereocenters. The fourth-order valence-corrected chi connectivity index (χ4v) is 5.39.